The van der Waals surface area contributed by atoms with Crippen molar-refractivity contribution in [2.75, 3.05) is 7.11 Å². The van der Waals surface area contributed by atoms with Gasteiger partial charge in [-0.2, -0.15) is 0 Å². The van der Waals surface area contributed by atoms with Crippen LogP contribution in [0.1, 0.15) is 39.0 Å². The summed E-state index contributed by atoms with van der Waals surface area (Å²) in [5, 5.41) is 13.5. The average molecular weight is 270 g/mol. The monoisotopic (exact) mass is 270 g/mol. The fraction of sp³-hybridized carbons (Fsp3) is 0.643. The molecule has 0 aromatic heterocycles. The summed E-state index contributed by atoms with van der Waals surface area (Å²) in [4.78, 5) is 11.2. The molecular weight excluding hydrogens is 248 g/mol. The number of allylic oxidation sites excluding steroid dienone is 1. The summed E-state index contributed by atoms with van der Waals surface area (Å²) < 4.78 is 5.21. The van der Waals surface area contributed by atoms with Crippen molar-refractivity contribution in [2.45, 2.75) is 43.8 Å². The Kier molecular flexibility index (Phi) is 4.05. The molecule has 2 aliphatic rings. The van der Waals surface area contributed by atoms with Crippen LogP contribution in [0.5, 0.6) is 0 Å². The lowest BCUT2D eigenvalue weighted by molar-refractivity contribution is -0.137. The molecule has 0 aromatic rings. The van der Waals surface area contributed by atoms with Crippen molar-refractivity contribution in [1.82, 2.24) is 0 Å². The Labute approximate surface area is 111 Å². The molecule has 0 aromatic carbocycles. The Morgan fingerprint density at radius 2 is 2.22 bits per heavy atom. The Morgan fingerprint density at radius 1 is 1.56 bits per heavy atom. The fourth-order valence-electron chi connectivity index (χ4n) is 2.90. The Hall–Kier alpha value is -0.900. The molecule has 2 rings (SSSR count). The van der Waals surface area contributed by atoms with Crippen molar-refractivity contribution in [3.8, 4) is 0 Å². The topological polar surface area (TPSA) is 46.5 Å². The third-order valence-electron chi connectivity index (χ3n) is 4.13. The highest BCUT2D eigenvalue weighted by Crippen LogP contribution is 2.57. The quantitative estimate of drug-likeness (QED) is 0.769. The van der Waals surface area contributed by atoms with E-state index in [1.54, 1.807) is 7.11 Å². The lowest BCUT2D eigenvalue weighted by atomic mass is 9.80. The van der Waals surface area contributed by atoms with E-state index in [4.69, 9.17) is 4.74 Å². The van der Waals surface area contributed by atoms with E-state index in [-0.39, 0.29) is 4.75 Å². The molecule has 0 amide bonds. The summed E-state index contributed by atoms with van der Waals surface area (Å²) in [5.74, 6) is 0.962. The number of methoxy groups -OCH3 is 1. The molecule has 1 atom stereocenters. The lowest BCUT2D eigenvalue weighted by Crippen LogP contribution is -2.35. The van der Waals surface area contributed by atoms with Gasteiger partial charge in [-0.05, 0) is 48.5 Å². The van der Waals surface area contributed by atoms with Gasteiger partial charge in [0.1, 0.15) is 5.76 Å². The van der Waals surface area contributed by atoms with Gasteiger partial charge in [0.15, 0.2) is 0 Å². The van der Waals surface area contributed by atoms with E-state index >= 15 is 0 Å². The average Bonchev–Trinajstić information content (AvgIpc) is 2.81. The second-order valence-electron chi connectivity index (χ2n) is 5.44. The largest absolute Gasteiger partial charge is 0.496 e. The van der Waals surface area contributed by atoms with Gasteiger partial charge in [0.25, 0.3) is 0 Å². The van der Waals surface area contributed by atoms with E-state index in [1.165, 1.54) is 0 Å². The minimum Gasteiger partial charge on any atom is -0.496 e. The lowest BCUT2D eigenvalue weighted by Gasteiger charge is -2.43. The zero-order chi connectivity index (χ0) is 13.2. The maximum atomic E-state index is 11.2. The van der Waals surface area contributed by atoms with Crippen LogP contribution in [0.3, 0.4) is 0 Å². The molecule has 1 fully saturated rings. The van der Waals surface area contributed by atoms with Crippen LogP contribution in [-0.2, 0) is 9.53 Å². The van der Waals surface area contributed by atoms with Gasteiger partial charge in [0.05, 0.1) is 13.5 Å². The molecule has 4 heteroatoms. The van der Waals surface area contributed by atoms with Gasteiger partial charge in [0, 0.05) is 4.75 Å². The Morgan fingerprint density at radius 3 is 2.72 bits per heavy atom. The van der Waals surface area contributed by atoms with E-state index < -0.39 is 16.9 Å². The van der Waals surface area contributed by atoms with Crippen molar-refractivity contribution >= 4 is 16.9 Å². The smallest absolute Gasteiger partial charge is 0.304 e. The highest BCUT2D eigenvalue weighted by atomic mass is 32.2. The van der Waals surface area contributed by atoms with Crippen molar-refractivity contribution < 1.29 is 14.6 Å². The van der Waals surface area contributed by atoms with Crippen LogP contribution in [0.4, 0.5) is 0 Å². The zero-order valence-electron chi connectivity index (χ0n) is 11.1. The number of carboxylic acid groups (broad SMARTS) is 1. The first-order chi connectivity index (χ1) is 8.55. The van der Waals surface area contributed by atoms with Gasteiger partial charge in [0.2, 0.25) is 0 Å². The van der Waals surface area contributed by atoms with Gasteiger partial charge in [-0.25, -0.2) is 10.9 Å². The van der Waals surface area contributed by atoms with Crippen LogP contribution >= 0.6 is 10.9 Å². The first-order valence-electron chi connectivity index (χ1n) is 6.50. The van der Waals surface area contributed by atoms with E-state index in [2.05, 4.69) is 17.7 Å². The molecule has 0 saturated heterocycles. The molecule has 0 radical (unpaired) electrons. The van der Waals surface area contributed by atoms with Crippen LogP contribution in [0, 0.1) is 5.92 Å². The van der Waals surface area contributed by atoms with Crippen molar-refractivity contribution in [1.29, 1.82) is 0 Å². The molecule has 102 valence electrons. The fourth-order valence-corrected chi connectivity index (χ4v) is 5.44. The molecule has 1 aliphatic heterocycles. The molecule has 1 N–H and O–H groups in total. The second-order valence-corrected chi connectivity index (χ2v) is 7.76. The van der Waals surface area contributed by atoms with Gasteiger partial charge in [-0.1, -0.05) is 6.92 Å². The molecule has 1 unspecified atom stereocenters. The maximum Gasteiger partial charge on any atom is 0.304 e. The van der Waals surface area contributed by atoms with Crippen LogP contribution in [-0.4, -0.2) is 22.9 Å². The third-order valence-corrected chi connectivity index (χ3v) is 6.84. The molecule has 0 bridgehead atoms. The SMILES string of the molecule is COC1=C[SH](C2(CC(=O)O)CCC(C)CC2)C=C1. The molecule has 0 spiro atoms. The Bertz CT molecular complexity index is 379. The minimum atomic E-state index is -0.667. The van der Waals surface area contributed by atoms with Gasteiger partial charge >= 0.3 is 5.97 Å². The number of thiol groups is 1. The van der Waals surface area contributed by atoms with E-state index in [0.29, 0.717) is 6.42 Å². The number of ether oxygens (including phenoxy) is 1. The normalized spacial score (nSPS) is 37.3. The number of aliphatic carboxylic acids is 1. The first-order valence-corrected chi connectivity index (χ1v) is 7.98. The van der Waals surface area contributed by atoms with Crippen molar-refractivity contribution in [2.24, 2.45) is 5.92 Å². The summed E-state index contributed by atoms with van der Waals surface area (Å²) in [6.07, 6.45) is 6.65. The minimum absolute atomic E-state index is 0.0372. The predicted molar refractivity (Wildman–Crippen MR) is 75.8 cm³/mol. The van der Waals surface area contributed by atoms with E-state index in [0.717, 1.165) is 37.4 Å². The predicted octanol–water partition coefficient (Wildman–Crippen LogP) is 3.43. The summed E-state index contributed by atoms with van der Waals surface area (Å²) in [6.45, 7) is 2.26. The number of carboxylic acids is 1. The molecule has 1 heterocycles. The number of hydrogen-bond donors (Lipinski definition) is 2. The number of hydrogen-bond acceptors (Lipinski definition) is 2. The highest BCUT2D eigenvalue weighted by molar-refractivity contribution is 8.23. The molecule has 1 saturated carbocycles. The molecular formula is C14H22O3S. The maximum absolute atomic E-state index is 11.2. The summed E-state index contributed by atoms with van der Waals surface area (Å²) in [5.41, 5.74) is 0. The third kappa shape index (κ3) is 2.74. The van der Waals surface area contributed by atoms with Crippen LogP contribution < -0.4 is 0 Å². The number of rotatable bonds is 4. The van der Waals surface area contributed by atoms with Crippen LogP contribution in [0.25, 0.3) is 0 Å². The first kappa shape index (κ1) is 13.5. The summed E-state index contributed by atoms with van der Waals surface area (Å²) >= 11 is 0. The second kappa shape index (κ2) is 5.39. The molecule has 3 nitrogen and oxygen atoms in total. The van der Waals surface area contributed by atoms with Gasteiger partial charge in [-0.15, -0.1) is 0 Å². The summed E-state index contributed by atoms with van der Waals surface area (Å²) in [6, 6.07) is 0. The molecule has 18 heavy (non-hydrogen) atoms. The van der Waals surface area contributed by atoms with E-state index in [1.807, 2.05) is 6.08 Å². The summed E-state index contributed by atoms with van der Waals surface area (Å²) in [7, 11) is 1.18. The van der Waals surface area contributed by atoms with Crippen LogP contribution in [0.2, 0.25) is 0 Å². The van der Waals surface area contributed by atoms with Gasteiger partial charge in [-0.3, -0.25) is 4.79 Å². The zero-order valence-corrected chi connectivity index (χ0v) is 12.0. The standard InChI is InChI=1S/C14H22O3S/c1-11-3-6-14(7-4-11,9-13(15)16)18-8-5-12(10-18)17-2/h5,8,10-11,18H,3-4,6-7,9H2,1-2H3,(H,15,16). The van der Waals surface area contributed by atoms with Crippen molar-refractivity contribution in [3.63, 3.8) is 0 Å². The number of carbonyl (C=O) groups is 1. The molecule has 1 aliphatic carbocycles. The Balaban J connectivity index is 2.18. The van der Waals surface area contributed by atoms with Crippen molar-refractivity contribution in [3.05, 3.63) is 22.7 Å². The highest BCUT2D eigenvalue weighted by Gasteiger charge is 2.40. The van der Waals surface area contributed by atoms with E-state index in [9.17, 15) is 9.90 Å². The van der Waals surface area contributed by atoms with Gasteiger partial charge < -0.3 is 9.84 Å². The van der Waals surface area contributed by atoms with Crippen LogP contribution in [0.15, 0.2) is 22.7 Å².